The van der Waals surface area contributed by atoms with Crippen LogP contribution in [0.2, 0.25) is 0 Å². The van der Waals surface area contributed by atoms with Crippen molar-refractivity contribution in [3.8, 4) is 28.3 Å². The molecule has 3 aromatic carbocycles. The van der Waals surface area contributed by atoms with E-state index in [0.29, 0.717) is 53.4 Å². The highest BCUT2D eigenvalue weighted by Crippen LogP contribution is 2.37. The third-order valence-corrected chi connectivity index (χ3v) is 7.36. The molecule has 0 spiro atoms. The molecule has 2 fully saturated rings. The van der Waals surface area contributed by atoms with Gasteiger partial charge in [-0.15, -0.1) is 0 Å². The van der Waals surface area contributed by atoms with E-state index in [1.807, 2.05) is 17.0 Å². The molecule has 184 valence electrons. The van der Waals surface area contributed by atoms with Crippen LogP contribution in [0.1, 0.15) is 27.9 Å². The first-order valence-electron chi connectivity index (χ1n) is 12.0. The Bertz CT molecular complexity index is 1370. The summed E-state index contributed by atoms with van der Waals surface area (Å²) in [6.45, 7) is 2.02. The van der Waals surface area contributed by atoms with Gasteiger partial charge in [0.25, 0.3) is 5.91 Å². The van der Waals surface area contributed by atoms with Crippen LogP contribution in [0.5, 0.6) is 0 Å². The number of hydrogen-bond acceptors (Lipinski definition) is 4. The van der Waals surface area contributed by atoms with Crippen molar-refractivity contribution in [2.45, 2.75) is 24.9 Å². The van der Waals surface area contributed by atoms with Gasteiger partial charge in [0.15, 0.2) is 0 Å². The van der Waals surface area contributed by atoms with E-state index >= 15 is 4.39 Å². The van der Waals surface area contributed by atoms with Crippen molar-refractivity contribution >= 4 is 5.91 Å². The van der Waals surface area contributed by atoms with Crippen LogP contribution in [0.25, 0.3) is 22.3 Å². The molecule has 2 heterocycles. The van der Waals surface area contributed by atoms with Crippen LogP contribution in [-0.2, 0) is 11.2 Å². The van der Waals surface area contributed by atoms with E-state index in [1.165, 1.54) is 18.2 Å². The van der Waals surface area contributed by atoms with Crippen molar-refractivity contribution in [1.29, 1.82) is 5.26 Å². The number of likely N-dealkylation sites (N-methyl/N-ethyl adjacent to an activating group) is 1. The Morgan fingerprint density at radius 1 is 1.00 bits per heavy atom. The van der Waals surface area contributed by atoms with Crippen molar-refractivity contribution in [2.75, 3.05) is 33.9 Å². The minimum Gasteiger partial charge on any atom is -0.384 e. The minimum absolute atomic E-state index is 0.0709. The Morgan fingerprint density at radius 3 is 2.44 bits per heavy atom. The summed E-state index contributed by atoms with van der Waals surface area (Å²) in [6.07, 6.45) is 1.55. The van der Waals surface area contributed by atoms with Gasteiger partial charge in [-0.1, -0.05) is 24.3 Å². The Balaban J connectivity index is 1.57. The second-order valence-corrected chi connectivity index (χ2v) is 9.56. The Morgan fingerprint density at radius 2 is 1.81 bits per heavy atom. The number of rotatable bonds is 6. The number of benzene rings is 3. The maximum absolute atomic E-state index is 15.3. The highest BCUT2D eigenvalue weighted by molar-refractivity contribution is 5.98. The van der Waals surface area contributed by atoms with Gasteiger partial charge in [0, 0.05) is 43.4 Å². The molecule has 0 aromatic heterocycles. The Kier molecular flexibility index (Phi) is 6.57. The SMILES string of the molecule is COCCc1ccc(-c2ccc(C(=O)N3C[C@H]4C[C@@H]3CN4C)cc2-c2ccc(C#N)c(F)c2)c(F)c1. The van der Waals surface area contributed by atoms with Crippen molar-refractivity contribution in [2.24, 2.45) is 0 Å². The lowest BCUT2D eigenvalue weighted by atomic mass is 9.91. The summed E-state index contributed by atoms with van der Waals surface area (Å²) in [6, 6.07) is 16.9. The molecular formula is C29H27F2N3O2. The molecule has 0 N–H and O–H groups in total. The molecule has 2 aliphatic rings. The minimum atomic E-state index is -0.659. The molecule has 0 saturated carbocycles. The van der Waals surface area contributed by atoms with Crippen LogP contribution < -0.4 is 0 Å². The van der Waals surface area contributed by atoms with Crippen molar-refractivity contribution < 1.29 is 18.3 Å². The topological polar surface area (TPSA) is 56.6 Å². The number of nitriles is 1. The zero-order valence-corrected chi connectivity index (χ0v) is 20.3. The summed E-state index contributed by atoms with van der Waals surface area (Å²) >= 11 is 0. The number of nitrogens with zero attached hydrogens (tertiary/aromatic N) is 3. The van der Waals surface area contributed by atoms with E-state index < -0.39 is 11.6 Å². The molecule has 0 radical (unpaired) electrons. The fourth-order valence-corrected chi connectivity index (χ4v) is 5.36. The molecule has 2 atom stereocenters. The number of fused-ring (bicyclic) bond motifs is 2. The molecule has 5 rings (SSSR count). The van der Waals surface area contributed by atoms with Gasteiger partial charge in [0.1, 0.15) is 17.7 Å². The maximum atomic E-state index is 15.3. The molecule has 7 heteroatoms. The Hall–Kier alpha value is -3.60. The normalized spacial score (nSPS) is 19.0. The van der Waals surface area contributed by atoms with Crippen LogP contribution in [0, 0.1) is 23.0 Å². The van der Waals surface area contributed by atoms with Crippen LogP contribution in [0.15, 0.2) is 54.6 Å². The summed E-state index contributed by atoms with van der Waals surface area (Å²) in [5.74, 6) is -1.14. The molecule has 36 heavy (non-hydrogen) atoms. The zero-order chi connectivity index (χ0) is 25.4. The van der Waals surface area contributed by atoms with Crippen LogP contribution >= 0.6 is 0 Å². The summed E-state index contributed by atoms with van der Waals surface area (Å²) in [5.41, 5.74) is 3.14. The van der Waals surface area contributed by atoms with Gasteiger partial charge in [0.05, 0.1) is 12.2 Å². The van der Waals surface area contributed by atoms with Gasteiger partial charge in [-0.2, -0.15) is 5.26 Å². The first kappa shape index (κ1) is 24.1. The number of likely N-dealkylation sites (tertiary alicyclic amines) is 2. The van der Waals surface area contributed by atoms with Crippen LogP contribution in [0.3, 0.4) is 0 Å². The quantitative estimate of drug-likeness (QED) is 0.497. The molecule has 2 saturated heterocycles. The first-order valence-corrected chi connectivity index (χ1v) is 12.0. The average molecular weight is 488 g/mol. The Labute approximate surface area is 209 Å². The third-order valence-electron chi connectivity index (χ3n) is 7.36. The number of halogens is 2. The van der Waals surface area contributed by atoms with Crippen molar-refractivity contribution in [3.63, 3.8) is 0 Å². The molecule has 0 unspecified atom stereocenters. The van der Waals surface area contributed by atoms with E-state index in [1.54, 1.807) is 37.4 Å². The molecule has 1 amide bonds. The molecular weight excluding hydrogens is 460 g/mol. The van der Waals surface area contributed by atoms with Gasteiger partial charge in [-0.05, 0) is 72.5 Å². The molecule has 2 aliphatic heterocycles. The molecule has 2 bridgehead atoms. The van der Waals surface area contributed by atoms with Gasteiger partial charge >= 0.3 is 0 Å². The number of hydrogen-bond donors (Lipinski definition) is 0. The lowest BCUT2D eigenvalue weighted by molar-refractivity contribution is 0.0650. The second-order valence-electron chi connectivity index (χ2n) is 9.56. The number of ether oxygens (including phenoxy) is 1. The van der Waals surface area contributed by atoms with Gasteiger partial charge in [0.2, 0.25) is 0 Å². The highest BCUT2D eigenvalue weighted by Gasteiger charge is 2.43. The zero-order valence-electron chi connectivity index (χ0n) is 20.3. The number of carbonyl (C=O) groups excluding carboxylic acids is 1. The summed E-state index contributed by atoms with van der Waals surface area (Å²) in [7, 11) is 3.68. The lowest BCUT2D eigenvalue weighted by Gasteiger charge is -2.32. The molecule has 3 aromatic rings. The fourth-order valence-electron chi connectivity index (χ4n) is 5.36. The highest BCUT2D eigenvalue weighted by atomic mass is 19.1. The summed E-state index contributed by atoms with van der Waals surface area (Å²) in [5, 5.41) is 9.14. The first-order chi connectivity index (χ1) is 17.4. The summed E-state index contributed by atoms with van der Waals surface area (Å²) < 4.78 is 34.9. The maximum Gasteiger partial charge on any atom is 0.254 e. The van der Waals surface area contributed by atoms with Gasteiger partial charge < -0.3 is 9.64 Å². The fraction of sp³-hybridized carbons (Fsp3) is 0.310. The van der Waals surface area contributed by atoms with Gasteiger partial charge in [-0.3, -0.25) is 9.69 Å². The average Bonchev–Trinajstić information content (AvgIpc) is 3.46. The summed E-state index contributed by atoms with van der Waals surface area (Å²) in [4.78, 5) is 17.6. The number of carbonyl (C=O) groups is 1. The smallest absolute Gasteiger partial charge is 0.254 e. The van der Waals surface area contributed by atoms with Crippen molar-refractivity contribution in [3.05, 3.63) is 82.9 Å². The van der Waals surface area contributed by atoms with Crippen LogP contribution in [0.4, 0.5) is 8.78 Å². The van der Waals surface area contributed by atoms with Crippen LogP contribution in [-0.4, -0.2) is 61.6 Å². The monoisotopic (exact) mass is 487 g/mol. The predicted molar refractivity (Wildman–Crippen MR) is 133 cm³/mol. The van der Waals surface area contributed by atoms with E-state index in [9.17, 15) is 9.18 Å². The predicted octanol–water partition coefficient (Wildman–Crippen LogP) is 4.89. The van der Waals surface area contributed by atoms with Gasteiger partial charge in [-0.25, -0.2) is 8.78 Å². The second kappa shape index (κ2) is 9.81. The van der Waals surface area contributed by atoms with E-state index in [0.717, 1.165) is 18.5 Å². The van der Waals surface area contributed by atoms with E-state index in [-0.39, 0.29) is 17.5 Å². The number of amides is 1. The number of piperazine rings is 1. The molecule has 0 aliphatic carbocycles. The largest absolute Gasteiger partial charge is 0.384 e. The molecule has 5 nitrogen and oxygen atoms in total. The lowest BCUT2D eigenvalue weighted by Crippen LogP contribution is -2.47. The number of methoxy groups -OCH3 is 1. The standard InChI is InChI=1S/C29H27F2N3O2/c1-33-16-23-14-22(33)17-34(23)29(35)20-6-8-24(25-7-3-18(9-10-36-2)11-28(25)31)26(12-20)19-4-5-21(15-32)27(30)13-19/h3-8,11-13,22-23H,9-10,14,16-17H2,1-2H3/t22-,23-/m1/s1. The van der Waals surface area contributed by atoms with E-state index in [4.69, 9.17) is 10.00 Å². The third kappa shape index (κ3) is 4.39. The van der Waals surface area contributed by atoms with E-state index in [2.05, 4.69) is 11.9 Å². The van der Waals surface area contributed by atoms with Crippen molar-refractivity contribution in [1.82, 2.24) is 9.80 Å².